The fourth-order valence-corrected chi connectivity index (χ4v) is 3.23. The first kappa shape index (κ1) is 21.3. The second-order valence-corrected chi connectivity index (χ2v) is 7.45. The summed E-state index contributed by atoms with van der Waals surface area (Å²) in [4.78, 5) is 0. The maximum atomic E-state index is 11.9. The lowest BCUT2D eigenvalue weighted by molar-refractivity contribution is -0.137. The SMILES string of the molecule is CC1(C)C(C(O)C(C#N)CO)C1(C)C.Nc1ccc(C(F)(F)F)cc1. The summed E-state index contributed by atoms with van der Waals surface area (Å²) in [6, 6.07) is 6.31. The third-order valence-electron chi connectivity index (χ3n) is 5.49. The van der Waals surface area contributed by atoms with Gasteiger partial charge in [-0.3, -0.25) is 0 Å². The third-order valence-corrected chi connectivity index (χ3v) is 5.49. The van der Waals surface area contributed by atoms with Crippen LogP contribution in [0.25, 0.3) is 0 Å². The standard InChI is InChI=1S/C11H19NO2.C7H6F3N/c1-10(2)9(11(10,3)4)8(14)7(5-12)6-13;8-7(9,10)5-1-3-6(11)4-2-5/h7-9,13-14H,6H2,1-4H3;1-4H,11H2. The van der Waals surface area contributed by atoms with Crippen LogP contribution in [0.15, 0.2) is 24.3 Å². The van der Waals surface area contributed by atoms with Gasteiger partial charge in [0.2, 0.25) is 0 Å². The van der Waals surface area contributed by atoms with Crippen molar-refractivity contribution in [3.63, 3.8) is 0 Å². The summed E-state index contributed by atoms with van der Waals surface area (Å²) in [5, 5.41) is 27.6. The van der Waals surface area contributed by atoms with Crippen LogP contribution in [0.3, 0.4) is 0 Å². The quantitative estimate of drug-likeness (QED) is 0.722. The predicted molar refractivity (Wildman–Crippen MR) is 89.1 cm³/mol. The Labute approximate surface area is 146 Å². The monoisotopic (exact) mass is 358 g/mol. The molecule has 0 saturated heterocycles. The van der Waals surface area contributed by atoms with Crippen LogP contribution in [-0.4, -0.2) is 22.9 Å². The molecule has 1 aromatic carbocycles. The summed E-state index contributed by atoms with van der Waals surface area (Å²) >= 11 is 0. The molecule has 1 aliphatic rings. The largest absolute Gasteiger partial charge is 0.416 e. The minimum absolute atomic E-state index is 0.0523. The Kier molecular flexibility index (Phi) is 6.14. The van der Waals surface area contributed by atoms with Crippen molar-refractivity contribution < 1.29 is 23.4 Å². The molecule has 2 rings (SSSR count). The molecule has 7 heteroatoms. The Hall–Kier alpha value is -1.78. The number of hydrogen-bond donors (Lipinski definition) is 3. The van der Waals surface area contributed by atoms with Gasteiger partial charge in [0, 0.05) is 5.69 Å². The molecule has 1 saturated carbocycles. The molecule has 0 aromatic heterocycles. The van der Waals surface area contributed by atoms with E-state index in [-0.39, 0.29) is 23.4 Å². The molecular formula is C18H25F3N2O2. The molecule has 0 radical (unpaired) electrons. The van der Waals surface area contributed by atoms with E-state index in [0.717, 1.165) is 12.1 Å². The molecule has 0 aliphatic heterocycles. The van der Waals surface area contributed by atoms with E-state index in [4.69, 9.17) is 16.1 Å². The highest BCUT2D eigenvalue weighted by molar-refractivity contribution is 5.39. The molecule has 1 fully saturated rings. The molecule has 1 aliphatic carbocycles. The maximum absolute atomic E-state index is 11.9. The molecule has 0 amide bonds. The van der Waals surface area contributed by atoms with E-state index in [2.05, 4.69) is 27.7 Å². The number of hydrogen-bond acceptors (Lipinski definition) is 4. The van der Waals surface area contributed by atoms with Crippen molar-refractivity contribution in [1.82, 2.24) is 0 Å². The van der Waals surface area contributed by atoms with Gasteiger partial charge in [-0.1, -0.05) is 27.7 Å². The molecule has 4 N–H and O–H groups in total. The average Bonchev–Trinajstić information content (AvgIpc) is 2.89. The predicted octanol–water partition coefficient (Wildman–Crippen LogP) is 3.45. The number of nitrogens with zero attached hydrogens (tertiary/aromatic N) is 1. The number of rotatable bonds is 3. The van der Waals surface area contributed by atoms with Crippen LogP contribution in [-0.2, 0) is 6.18 Å². The van der Waals surface area contributed by atoms with E-state index in [1.807, 2.05) is 6.07 Å². The van der Waals surface area contributed by atoms with Crippen LogP contribution < -0.4 is 5.73 Å². The number of nitriles is 1. The Morgan fingerprint density at radius 2 is 1.60 bits per heavy atom. The van der Waals surface area contributed by atoms with Crippen LogP contribution in [0.5, 0.6) is 0 Å². The summed E-state index contributed by atoms with van der Waals surface area (Å²) in [5.74, 6) is -0.548. The number of halogens is 3. The molecule has 2 unspecified atom stereocenters. The van der Waals surface area contributed by atoms with E-state index in [1.165, 1.54) is 12.1 Å². The zero-order valence-corrected chi connectivity index (χ0v) is 14.8. The number of aliphatic hydroxyl groups is 2. The minimum atomic E-state index is -4.27. The zero-order valence-electron chi connectivity index (χ0n) is 14.8. The Morgan fingerprint density at radius 3 is 1.88 bits per heavy atom. The van der Waals surface area contributed by atoms with Gasteiger partial charge in [-0.15, -0.1) is 0 Å². The maximum Gasteiger partial charge on any atom is 0.416 e. The van der Waals surface area contributed by atoms with Crippen molar-refractivity contribution in [3.8, 4) is 6.07 Å². The van der Waals surface area contributed by atoms with Gasteiger partial charge in [0.25, 0.3) is 0 Å². The highest BCUT2D eigenvalue weighted by atomic mass is 19.4. The molecule has 4 nitrogen and oxygen atoms in total. The number of aliphatic hydroxyl groups excluding tert-OH is 2. The van der Waals surface area contributed by atoms with Crippen LogP contribution in [0.1, 0.15) is 33.3 Å². The first-order valence-electron chi connectivity index (χ1n) is 7.92. The smallest absolute Gasteiger partial charge is 0.399 e. The summed E-state index contributed by atoms with van der Waals surface area (Å²) in [6.07, 6.45) is -4.98. The van der Waals surface area contributed by atoms with Gasteiger partial charge in [-0.25, -0.2) is 0 Å². The van der Waals surface area contributed by atoms with Crippen molar-refractivity contribution in [2.45, 2.75) is 40.0 Å². The van der Waals surface area contributed by atoms with Crippen molar-refractivity contribution >= 4 is 5.69 Å². The van der Waals surface area contributed by atoms with Gasteiger partial charge >= 0.3 is 6.18 Å². The summed E-state index contributed by atoms with van der Waals surface area (Å²) in [6.45, 7) is 8.10. The molecule has 0 heterocycles. The van der Waals surface area contributed by atoms with E-state index in [0.29, 0.717) is 5.69 Å². The van der Waals surface area contributed by atoms with E-state index < -0.39 is 23.8 Å². The Morgan fingerprint density at radius 1 is 1.16 bits per heavy atom. The summed E-state index contributed by atoms with van der Waals surface area (Å²) < 4.78 is 35.6. The number of benzene rings is 1. The number of alkyl halides is 3. The van der Waals surface area contributed by atoms with Crippen LogP contribution in [0, 0.1) is 34.0 Å². The lowest BCUT2D eigenvalue weighted by atomic mass is 9.96. The van der Waals surface area contributed by atoms with Gasteiger partial charge in [0.1, 0.15) is 0 Å². The van der Waals surface area contributed by atoms with Gasteiger partial charge < -0.3 is 15.9 Å². The van der Waals surface area contributed by atoms with Crippen molar-refractivity contribution in [3.05, 3.63) is 29.8 Å². The van der Waals surface area contributed by atoms with Gasteiger partial charge in [-0.05, 0) is 41.0 Å². The average molecular weight is 358 g/mol. The Bertz CT molecular complexity index is 605. The van der Waals surface area contributed by atoms with E-state index in [1.54, 1.807) is 0 Å². The molecular weight excluding hydrogens is 333 g/mol. The number of nitrogen functional groups attached to an aromatic ring is 1. The number of anilines is 1. The fourth-order valence-electron chi connectivity index (χ4n) is 3.23. The zero-order chi connectivity index (χ0) is 19.6. The van der Waals surface area contributed by atoms with Crippen LogP contribution >= 0.6 is 0 Å². The highest BCUT2D eigenvalue weighted by Crippen LogP contribution is 2.70. The summed E-state index contributed by atoms with van der Waals surface area (Å²) in [7, 11) is 0. The fraction of sp³-hybridized carbons (Fsp3) is 0.611. The van der Waals surface area contributed by atoms with Crippen molar-refractivity contribution in [2.75, 3.05) is 12.3 Å². The third kappa shape index (κ3) is 4.44. The van der Waals surface area contributed by atoms with Crippen molar-refractivity contribution in [2.24, 2.45) is 22.7 Å². The Balaban J connectivity index is 0.000000257. The first-order chi connectivity index (χ1) is 11.3. The van der Waals surface area contributed by atoms with Crippen LogP contribution in [0.4, 0.5) is 18.9 Å². The molecule has 2 atom stereocenters. The van der Waals surface area contributed by atoms with Gasteiger partial charge in [0.05, 0.1) is 30.3 Å². The lowest BCUT2D eigenvalue weighted by Gasteiger charge is -2.16. The summed E-state index contributed by atoms with van der Waals surface area (Å²) in [5.41, 5.74) is 4.96. The second kappa shape index (κ2) is 7.22. The topological polar surface area (TPSA) is 90.3 Å². The van der Waals surface area contributed by atoms with Crippen LogP contribution in [0.2, 0.25) is 0 Å². The van der Waals surface area contributed by atoms with E-state index >= 15 is 0 Å². The van der Waals surface area contributed by atoms with Gasteiger partial charge in [-0.2, -0.15) is 18.4 Å². The molecule has 1 aromatic rings. The normalized spacial score (nSPS) is 20.6. The van der Waals surface area contributed by atoms with Gasteiger partial charge in [0.15, 0.2) is 0 Å². The second-order valence-electron chi connectivity index (χ2n) is 7.45. The minimum Gasteiger partial charge on any atom is -0.399 e. The van der Waals surface area contributed by atoms with E-state index in [9.17, 15) is 18.3 Å². The highest BCUT2D eigenvalue weighted by Gasteiger charge is 2.68. The first-order valence-corrected chi connectivity index (χ1v) is 7.92. The number of nitrogens with two attached hydrogens (primary N) is 1. The van der Waals surface area contributed by atoms with Crippen molar-refractivity contribution in [1.29, 1.82) is 5.26 Å². The molecule has 0 bridgehead atoms. The lowest BCUT2D eigenvalue weighted by Crippen LogP contribution is -2.27. The molecule has 0 spiro atoms. The molecule has 140 valence electrons. The molecule has 25 heavy (non-hydrogen) atoms.